The van der Waals surface area contributed by atoms with E-state index in [1.54, 1.807) is 13.0 Å². The minimum atomic E-state index is -0.407. The fraction of sp³-hybridized carbons (Fsp3) is 0.500. The predicted octanol–water partition coefficient (Wildman–Crippen LogP) is 2.38. The molecule has 0 aromatic heterocycles. The minimum absolute atomic E-state index is 0.0189. The number of halogens is 1. The number of ether oxygens (including phenoxy) is 1. The van der Waals surface area contributed by atoms with Crippen LogP contribution in [0.15, 0.2) is 21.8 Å². The molecule has 0 aliphatic rings. The average molecular weight is 231 g/mol. The number of amidine groups is 1. The number of esters is 1. The molecule has 0 fully saturated rings. The van der Waals surface area contributed by atoms with Gasteiger partial charge in [-0.25, -0.2) is 9.98 Å². The first kappa shape index (κ1) is 13.8. The largest absolute Gasteiger partial charge is 0.469 e. The second-order valence-corrected chi connectivity index (χ2v) is 3.07. The number of methoxy groups -OCH3 is 1. The Labute approximate surface area is 94.7 Å². The third kappa shape index (κ3) is 4.25. The van der Waals surface area contributed by atoms with Crippen LogP contribution in [0.3, 0.4) is 0 Å². The van der Waals surface area contributed by atoms with Gasteiger partial charge in [0.15, 0.2) is 0 Å². The van der Waals surface area contributed by atoms with Gasteiger partial charge >= 0.3 is 5.97 Å². The molecule has 0 N–H and O–H groups in total. The molecule has 0 heterocycles. The van der Waals surface area contributed by atoms with Crippen molar-refractivity contribution in [3.8, 4) is 0 Å². The normalized spacial score (nSPS) is 14.7. The van der Waals surface area contributed by atoms with E-state index in [2.05, 4.69) is 21.4 Å². The standard InChI is InChI=1S/C10H15ClN2O2/c1-5-7(9(14)15-4)8(6-2)13-10(11)12-3/h6-7H,3,5H2,1-2,4H3/b8-6-,13-10-. The molecule has 15 heavy (non-hydrogen) atoms. The first-order valence-electron chi connectivity index (χ1n) is 4.55. The number of allylic oxidation sites excluding steroid dienone is 1. The Hall–Kier alpha value is -1.16. The van der Waals surface area contributed by atoms with Gasteiger partial charge in [-0.2, -0.15) is 0 Å². The summed E-state index contributed by atoms with van der Waals surface area (Å²) in [4.78, 5) is 18.8. The number of hydrogen-bond donors (Lipinski definition) is 0. The van der Waals surface area contributed by atoms with E-state index in [1.165, 1.54) is 7.11 Å². The lowest BCUT2D eigenvalue weighted by atomic mass is 10.0. The molecule has 0 aromatic carbocycles. The van der Waals surface area contributed by atoms with Gasteiger partial charge in [0, 0.05) is 0 Å². The first-order valence-corrected chi connectivity index (χ1v) is 4.93. The average Bonchev–Trinajstić information content (AvgIpc) is 2.27. The van der Waals surface area contributed by atoms with Crippen molar-refractivity contribution in [1.29, 1.82) is 0 Å². The molecule has 0 bridgehead atoms. The van der Waals surface area contributed by atoms with E-state index in [-0.39, 0.29) is 11.3 Å². The molecular weight excluding hydrogens is 216 g/mol. The maximum absolute atomic E-state index is 11.4. The molecule has 0 aliphatic heterocycles. The van der Waals surface area contributed by atoms with E-state index in [9.17, 15) is 4.79 Å². The van der Waals surface area contributed by atoms with E-state index < -0.39 is 5.92 Å². The molecular formula is C10H15ClN2O2. The highest BCUT2D eigenvalue weighted by molar-refractivity contribution is 6.65. The van der Waals surface area contributed by atoms with E-state index in [0.29, 0.717) is 12.1 Å². The van der Waals surface area contributed by atoms with E-state index >= 15 is 0 Å². The number of aliphatic imine (C=N–C) groups is 2. The summed E-state index contributed by atoms with van der Waals surface area (Å²) in [6.45, 7) is 6.89. The highest BCUT2D eigenvalue weighted by Gasteiger charge is 2.21. The molecule has 0 radical (unpaired) electrons. The van der Waals surface area contributed by atoms with Crippen molar-refractivity contribution in [1.82, 2.24) is 0 Å². The van der Waals surface area contributed by atoms with Crippen molar-refractivity contribution in [2.75, 3.05) is 7.11 Å². The summed E-state index contributed by atoms with van der Waals surface area (Å²) < 4.78 is 4.66. The Morgan fingerprint density at radius 1 is 1.67 bits per heavy atom. The molecule has 0 amide bonds. The zero-order valence-corrected chi connectivity index (χ0v) is 9.91. The molecule has 1 unspecified atom stereocenters. The molecule has 0 saturated carbocycles. The zero-order chi connectivity index (χ0) is 11.8. The summed E-state index contributed by atoms with van der Waals surface area (Å²) in [7, 11) is 1.34. The van der Waals surface area contributed by atoms with Gasteiger partial charge in [0.25, 0.3) is 0 Å². The highest BCUT2D eigenvalue weighted by Crippen LogP contribution is 2.18. The summed E-state index contributed by atoms with van der Waals surface area (Å²) in [5, 5.41) is 0.0189. The van der Waals surface area contributed by atoms with Crippen LogP contribution >= 0.6 is 11.6 Å². The molecule has 84 valence electrons. The Balaban J connectivity index is 4.95. The monoisotopic (exact) mass is 230 g/mol. The van der Waals surface area contributed by atoms with Gasteiger partial charge < -0.3 is 4.74 Å². The SMILES string of the molecule is C=N/C(Cl)=N\C(=C/C)C(CC)C(=O)OC. The van der Waals surface area contributed by atoms with Crippen LogP contribution in [-0.2, 0) is 9.53 Å². The first-order chi connectivity index (χ1) is 7.10. The molecule has 1 atom stereocenters. The van der Waals surface area contributed by atoms with Crippen molar-refractivity contribution in [2.45, 2.75) is 20.3 Å². The summed E-state index contributed by atoms with van der Waals surface area (Å²) in [6.07, 6.45) is 2.30. The topological polar surface area (TPSA) is 51.0 Å². The van der Waals surface area contributed by atoms with Gasteiger partial charge in [-0.05, 0) is 31.7 Å². The van der Waals surface area contributed by atoms with Gasteiger partial charge in [-0.15, -0.1) is 0 Å². The third-order valence-electron chi connectivity index (χ3n) is 1.90. The smallest absolute Gasteiger partial charge is 0.314 e. The van der Waals surface area contributed by atoms with Gasteiger partial charge in [0.1, 0.15) is 0 Å². The maximum Gasteiger partial charge on any atom is 0.314 e. The molecule has 0 aliphatic carbocycles. The van der Waals surface area contributed by atoms with Crippen LogP contribution in [0, 0.1) is 5.92 Å². The van der Waals surface area contributed by atoms with E-state index in [4.69, 9.17) is 11.6 Å². The Morgan fingerprint density at radius 2 is 2.27 bits per heavy atom. The van der Waals surface area contributed by atoms with Crippen molar-refractivity contribution < 1.29 is 9.53 Å². The number of nitrogens with zero attached hydrogens (tertiary/aromatic N) is 2. The summed E-state index contributed by atoms with van der Waals surface area (Å²) in [5.41, 5.74) is 0.543. The Bertz CT molecular complexity index is 298. The van der Waals surface area contributed by atoms with Gasteiger partial charge in [-0.1, -0.05) is 13.0 Å². The van der Waals surface area contributed by atoms with Crippen LogP contribution in [-0.4, -0.2) is 25.1 Å². The molecule has 0 saturated heterocycles. The van der Waals surface area contributed by atoms with Crippen molar-refractivity contribution in [2.24, 2.45) is 15.9 Å². The lowest BCUT2D eigenvalue weighted by Gasteiger charge is -2.12. The van der Waals surface area contributed by atoms with Crippen LogP contribution in [0.4, 0.5) is 0 Å². The maximum atomic E-state index is 11.4. The fourth-order valence-corrected chi connectivity index (χ4v) is 1.22. The number of rotatable bonds is 4. The fourth-order valence-electron chi connectivity index (χ4n) is 1.12. The van der Waals surface area contributed by atoms with Crippen LogP contribution in [0.25, 0.3) is 0 Å². The quantitative estimate of drug-likeness (QED) is 0.322. The molecule has 4 nitrogen and oxygen atoms in total. The van der Waals surface area contributed by atoms with Gasteiger partial charge in [0.2, 0.25) is 5.29 Å². The second kappa shape index (κ2) is 7.17. The lowest BCUT2D eigenvalue weighted by Crippen LogP contribution is -2.17. The van der Waals surface area contributed by atoms with E-state index in [1.807, 2.05) is 6.92 Å². The van der Waals surface area contributed by atoms with E-state index in [0.717, 1.165) is 0 Å². The summed E-state index contributed by atoms with van der Waals surface area (Å²) in [5.74, 6) is -0.738. The molecule has 0 spiro atoms. The number of carbonyl (C=O) groups excluding carboxylic acids is 1. The summed E-state index contributed by atoms with van der Waals surface area (Å²) in [6, 6.07) is 0. The van der Waals surface area contributed by atoms with Crippen LogP contribution < -0.4 is 0 Å². The van der Waals surface area contributed by atoms with Crippen molar-refractivity contribution in [3.63, 3.8) is 0 Å². The molecule has 0 aromatic rings. The Kier molecular flexibility index (Phi) is 6.62. The lowest BCUT2D eigenvalue weighted by molar-refractivity contribution is -0.144. The van der Waals surface area contributed by atoms with Crippen molar-refractivity contribution >= 4 is 29.6 Å². The van der Waals surface area contributed by atoms with Gasteiger partial charge in [0.05, 0.1) is 18.7 Å². The van der Waals surface area contributed by atoms with Gasteiger partial charge in [-0.3, -0.25) is 4.79 Å². The molecule has 0 rings (SSSR count). The third-order valence-corrected chi connectivity index (χ3v) is 2.10. The number of hydrogen-bond acceptors (Lipinski definition) is 3. The number of carbonyl (C=O) groups is 1. The Morgan fingerprint density at radius 3 is 2.60 bits per heavy atom. The predicted molar refractivity (Wildman–Crippen MR) is 62.4 cm³/mol. The van der Waals surface area contributed by atoms with Crippen LogP contribution in [0.5, 0.6) is 0 Å². The molecule has 5 heteroatoms. The van der Waals surface area contributed by atoms with Crippen LogP contribution in [0.2, 0.25) is 0 Å². The highest BCUT2D eigenvalue weighted by atomic mass is 35.5. The minimum Gasteiger partial charge on any atom is -0.469 e. The second-order valence-electron chi connectivity index (χ2n) is 2.74. The summed E-state index contributed by atoms with van der Waals surface area (Å²) >= 11 is 5.62. The zero-order valence-electron chi connectivity index (χ0n) is 9.16. The van der Waals surface area contributed by atoms with Crippen LogP contribution in [0.1, 0.15) is 20.3 Å². The van der Waals surface area contributed by atoms with Crippen molar-refractivity contribution in [3.05, 3.63) is 11.8 Å².